The largest absolute Gasteiger partial charge is 0.347 e. The van der Waals surface area contributed by atoms with E-state index in [0.717, 1.165) is 0 Å². The number of carbonyl (C=O) groups excluding carboxylic acids is 1. The molecule has 0 saturated heterocycles. The van der Waals surface area contributed by atoms with Crippen molar-refractivity contribution in [1.82, 2.24) is 4.90 Å². The molecule has 1 aliphatic rings. The highest BCUT2D eigenvalue weighted by Gasteiger charge is 2.59. The van der Waals surface area contributed by atoms with Gasteiger partial charge in [-0.3, -0.25) is 4.79 Å². The van der Waals surface area contributed by atoms with Gasteiger partial charge in [-0.15, -0.1) is 0 Å². The summed E-state index contributed by atoms with van der Waals surface area (Å²) in [7, 11) is 3.01. The van der Waals surface area contributed by atoms with E-state index in [9.17, 15) is 13.6 Å². The SMILES string of the molecule is CN(C)C(=O)C1(N)CC(F)(F)C1. The summed E-state index contributed by atoms with van der Waals surface area (Å²) in [6.07, 6.45) is -1.06. The minimum absolute atomic E-state index is 0.423. The number of hydrogen-bond donors (Lipinski definition) is 1. The second kappa shape index (κ2) is 2.39. The maximum Gasteiger partial charge on any atom is 0.252 e. The van der Waals surface area contributed by atoms with Crippen LogP contribution in [0.4, 0.5) is 8.78 Å². The predicted molar refractivity (Wildman–Crippen MR) is 39.8 cm³/mol. The van der Waals surface area contributed by atoms with E-state index in [0.29, 0.717) is 0 Å². The average molecular weight is 178 g/mol. The minimum Gasteiger partial charge on any atom is -0.347 e. The van der Waals surface area contributed by atoms with Crippen molar-refractivity contribution in [2.45, 2.75) is 24.3 Å². The Balaban J connectivity index is 2.61. The summed E-state index contributed by atoms with van der Waals surface area (Å²) in [4.78, 5) is 12.4. The van der Waals surface area contributed by atoms with E-state index in [4.69, 9.17) is 5.73 Å². The van der Waals surface area contributed by atoms with Gasteiger partial charge in [-0.2, -0.15) is 0 Å². The Morgan fingerprint density at radius 1 is 1.42 bits per heavy atom. The molecular formula is C7H12F2N2O. The molecule has 3 nitrogen and oxygen atoms in total. The van der Waals surface area contributed by atoms with Crippen molar-refractivity contribution in [2.24, 2.45) is 5.73 Å². The summed E-state index contributed by atoms with van der Waals surface area (Å²) in [5.74, 6) is -3.17. The first-order valence-corrected chi connectivity index (χ1v) is 3.65. The van der Waals surface area contributed by atoms with Crippen LogP contribution >= 0.6 is 0 Å². The smallest absolute Gasteiger partial charge is 0.252 e. The van der Waals surface area contributed by atoms with Crippen LogP contribution in [0.25, 0.3) is 0 Å². The number of likely N-dealkylation sites (N-methyl/N-ethyl adjacent to an activating group) is 1. The fourth-order valence-corrected chi connectivity index (χ4v) is 1.47. The number of amides is 1. The number of alkyl halides is 2. The molecule has 1 rings (SSSR count). The van der Waals surface area contributed by atoms with Gasteiger partial charge in [0.2, 0.25) is 5.91 Å². The lowest BCUT2D eigenvalue weighted by molar-refractivity contribution is -0.163. The van der Waals surface area contributed by atoms with Crippen LogP contribution in [0.2, 0.25) is 0 Å². The molecule has 12 heavy (non-hydrogen) atoms. The third-order valence-electron chi connectivity index (χ3n) is 1.98. The molecule has 0 heterocycles. The van der Waals surface area contributed by atoms with Gasteiger partial charge in [0.25, 0.3) is 5.92 Å². The lowest BCUT2D eigenvalue weighted by Crippen LogP contribution is -2.65. The van der Waals surface area contributed by atoms with Gasteiger partial charge in [-0.05, 0) is 0 Å². The highest BCUT2D eigenvalue weighted by molar-refractivity contribution is 5.87. The second-order valence-corrected chi connectivity index (χ2v) is 3.57. The molecule has 1 saturated carbocycles. The topological polar surface area (TPSA) is 46.3 Å². The van der Waals surface area contributed by atoms with Crippen molar-refractivity contribution in [3.05, 3.63) is 0 Å². The van der Waals surface area contributed by atoms with Gasteiger partial charge in [-0.25, -0.2) is 8.78 Å². The Labute approximate surface area is 69.5 Å². The van der Waals surface area contributed by atoms with Gasteiger partial charge < -0.3 is 10.6 Å². The third-order valence-corrected chi connectivity index (χ3v) is 1.98. The van der Waals surface area contributed by atoms with Crippen molar-refractivity contribution in [3.8, 4) is 0 Å². The number of carbonyl (C=O) groups is 1. The average Bonchev–Trinajstić information content (AvgIpc) is 1.81. The molecule has 0 aromatic heterocycles. The van der Waals surface area contributed by atoms with Crippen LogP contribution in [-0.4, -0.2) is 36.4 Å². The highest BCUT2D eigenvalue weighted by Crippen LogP contribution is 2.44. The minimum atomic E-state index is -2.75. The third kappa shape index (κ3) is 1.41. The van der Waals surface area contributed by atoms with E-state index in [1.807, 2.05) is 0 Å². The number of nitrogens with zero attached hydrogens (tertiary/aromatic N) is 1. The molecule has 0 aromatic carbocycles. The summed E-state index contributed by atoms with van der Waals surface area (Å²) in [5.41, 5.74) is 4.13. The van der Waals surface area contributed by atoms with Crippen molar-refractivity contribution in [3.63, 3.8) is 0 Å². The Morgan fingerprint density at radius 2 is 1.83 bits per heavy atom. The molecule has 1 amide bonds. The lowest BCUT2D eigenvalue weighted by Gasteiger charge is -2.44. The van der Waals surface area contributed by atoms with Crippen LogP contribution in [0.5, 0.6) is 0 Å². The summed E-state index contributed by atoms with van der Waals surface area (Å²) in [6.45, 7) is 0. The van der Waals surface area contributed by atoms with Crippen LogP contribution in [0, 0.1) is 0 Å². The lowest BCUT2D eigenvalue weighted by atomic mass is 9.73. The van der Waals surface area contributed by atoms with E-state index in [-0.39, 0.29) is 0 Å². The van der Waals surface area contributed by atoms with Gasteiger partial charge in [0, 0.05) is 26.9 Å². The van der Waals surface area contributed by atoms with Crippen molar-refractivity contribution >= 4 is 5.91 Å². The van der Waals surface area contributed by atoms with Crippen LogP contribution in [-0.2, 0) is 4.79 Å². The maximum absolute atomic E-state index is 12.4. The first kappa shape index (κ1) is 9.38. The van der Waals surface area contributed by atoms with Crippen LogP contribution in [0.15, 0.2) is 0 Å². The van der Waals surface area contributed by atoms with Gasteiger partial charge in [0.1, 0.15) is 5.54 Å². The molecule has 0 aliphatic heterocycles. The predicted octanol–water partition coefficient (Wildman–Crippen LogP) is 0.201. The fourth-order valence-electron chi connectivity index (χ4n) is 1.47. The van der Waals surface area contributed by atoms with Crippen LogP contribution in [0.1, 0.15) is 12.8 Å². The first-order chi connectivity index (χ1) is 5.27. The number of rotatable bonds is 1. The van der Waals surface area contributed by atoms with E-state index in [1.165, 1.54) is 19.0 Å². The van der Waals surface area contributed by atoms with E-state index in [2.05, 4.69) is 0 Å². The summed E-state index contributed by atoms with van der Waals surface area (Å²) in [6, 6.07) is 0. The molecule has 0 atom stereocenters. The zero-order valence-corrected chi connectivity index (χ0v) is 7.10. The monoisotopic (exact) mass is 178 g/mol. The maximum atomic E-state index is 12.4. The van der Waals surface area contributed by atoms with Crippen LogP contribution in [0.3, 0.4) is 0 Å². The number of nitrogens with two attached hydrogens (primary N) is 1. The fraction of sp³-hybridized carbons (Fsp3) is 0.857. The number of halogens is 2. The van der Waals surface area contributed by atoms with Gasteiger partial charge in [0.05, 0.1) is 0 Å². The molecule has 0 unspecified atom stereocenters. The van der Waals surface area contributed by atoms with Gasteiger partial charge >= 0.3 is 0 Å². The quantitative estimate of drug-likeness (QED) is 0.623. The Morgan fingerprint density at radius 3 is 2.08 bits per heavy atom. The van der Waals surface area contributed by atoms with E-state index in [1.54, 1.807) is 0 Å². The Hall–Kier alpha value is -0.710. The zero-order chi connectivity index (χ0) is 9.57. The van der Waals surface area contributed by atoms with Gasteiger partial charge in [-0.1, -0.05) is 0 Å². The van der Waals surface area contributed by atoms with Crippen molar-refractivity contribution < 1.29 is 13.6 Å². The Kier molecular flexibility index (Phi) is 1.87. The first-order valence-electron chi connectivity index (χ1n) is 3.65. The molecule has 1 fully saturated rings. The standard InChI is InChI=1S/C7H12F2N2O/c1-11(2)5(12)6(10)3-7(8,9)4-6/h3-4,10H2,1-2H3. The van der Waals surface area contributed by atoms with E-state index >= 15 is 0 Å². The molecular weight excluding hydrogens is 166 g/mol. The summed E-state index contributed by atoms with van der Waals surface area (Å²) < 4.78 is 24.8. The molecule has 0 bridgehead atoms. The molecule has 0 radical (unpaired) electrons. The molecule has 2 N–H and O–H groups in total. The van der Waals surface area contributed by atoms with Crippen molar-refractivity contribution in [1.29, 1.82) is 0 Å². The van der Waals surface area contributed by atoms with Crippen LogP contribution < -0.4 is 5.73 Å². The molecule has 70 valence electrons. The summed E-state index contributed by atoms with van der Waals surface area (Å²) >= 11 is 0. The molecule has 5 heteroatoms. The Bertz CT molecular complexity index is 207. The summed E-state index contributed by atoms with van der Waals surface area (Å²) in [5, 5.41) is 0. The highest BCUT2D eigenvalue weighted by atomic mass is 19.3. The normalized spacial score (nSPS) is 24.4. The molecule has 0 spiro atoms. The second-order valence-electron chi connectivity index (χ2n) is 3.57. The van der Waals surface area contributed by atoms with Crippen molar-refractivity contribution in [2.75, 3.05) is 14.1 Å². The van der Waals surface area contributed by atoms with Gasteiger partial charge in [0.15, 0.2) is 0 Å². The molecule has 1 aliphatic carbocycles. The van der Waals surface area contributed by atoms with E-state index < -0.39 is 30.2 Å². The molecule has 0 aromatic rings. The zero-order valence-electron chi connectivity index (χ0n) is 7.10. The number of hydrogen-bond acceptors (Lipinski definition) is 2.